The van der Waals surface area contributed by atoms with Gasteiger partial charge in [-0.05, 0) is 12.3 Å². The summed E-state index contributed by atoms with van der Waals surface area (Å²) in [7, 11) is 3.77. The van der Waals surface area contributed by atoms with E-state index >= 15 is 0 Å². The van der Waals surface area contributed by atoms with Crippen molar-refractivity contribution < 1.29 is 4.74 Å². The lowest BCUT2D eigenvalue weighted by Gasteiger charge is -2.35. The molecule has 0 aliphatic carbocycles. The second-order valence-electron chi connectivity index (χ2n) is 5.66. The summed E-state index contributed by atoms with van der Waals surface area (Å²) in [6, 6.07) is 0.407. The lowest BCUT2D eigenvalue weighted by molar-refractivity contribution is 0.181. The molecule has 1 aromatic heterocycles. The molecule has 0 aromatic carbocycles. The summed E-state index contributed by atoms with van der Waals surface area (Å²) in [5.41, 5.74) is 6.93. The van der Waals surface area contributed by atoms with Gasteiger partial charge in [-0.15, -0.1) is 11.3 Å². The van der Waals surface area contributed by atoms with Crippen LogP contribution in [0.5, 0.6) is 0 Å². The minimum Gasteiger partial charge on any atom is -0.378 e. The Morgan fingerprint density at radius 1 is 1.44 bits per heavy atom. The quantitative estimate of drug-likeness (QED) is 0.894. The molecule has 1 rings (SSSR count). The van der Waals surface area contributed by atoms with Crippen LogP contribution in [0.1, 0.15) is 38.3 Å². The fourth-order valence-electron chi connectivity index (χ4n) is 1.68. The van der Waals surface area contributed by atoms with Gasteiger partial charge in [0.2, 0.25) is 0 Å². The number of anilines is 1. The van der Waals surface area contributed by atoms with Crippen molar-refractivity contribution >= 4 is 16.5 Å². The summed E-state index contributed by atoms with van der Waals surface area (Å²) < 4.78 is 5.16. The van der Waals surface area contributed by atoms with E-state index in [0.717, 1.165) is 15.7 Å². The molecule has 0 fully saturated rings. The van der Waals surface area contributed by atoms with Crippen molar-refractivity contribution in [3.8, 4) is 0 Å². The van der Waals surface area contributed by atoms with Crippen molar-refractivity contribution in [2.45, 2.75) is 46.9 Å². The van der Waals surface area contributed by atoms with Crippen LogP contribution in [-0.2, 0) is 17.9 Å². The zero-order valence-electron chi connectivity index (χ0n) is 12.3. The fraction of sp³-hybridized carbons (Fsp3) is 0.769. The van der Waals surface area contributed by atoms with Gasteiger partial charge in [0, 0.05) is 31.6 Å². The molecule has 1 unspecified atom stereocenters. The molecule has 0 radical (unpaired) electrons. The molecular weight excluding hydrogens is 246 g/mol. The average Bonchev–Trinajstić information content (AvgIpc) is 2.69. The van der Waals surface area contributed by atoms with Crippen LogP contribution in [0.25, 0.3) is 0 Å². The normalized spacial score (nSPS) is 13.7. The smallest absolute Gasteiger partial charge is 0.185 e. The first kappa shape index (κ1) is 15.4. The summed E-state index contributed by atoms with van der Waals surface area (Å²) >= 11 is 1.66. The van der Waals surface area contributed by atoms with E-state index in [1.807, 2.05) is 0 Å². The number of hydrogen-bond donors (Lipinski definition) is 1. The minimum absolute atomic E-state index is 0.213. The van der Waals surface area contributed by atoms with E-state index in [9.17, 15) is 0 Å². The van der Waals surface area contributed by atoms with Crippen LogP contribution in [0, 0.1) is 5.41 Å². The van der Waals surface area contributed by atoms with Gasteiger partial charge in [-0.2, -0.15) is 0 Å². The summed E-state index contributed by atoms with van der Waals surface area (Å²) in [5, 5.41) is 1.02. The van der Waals surface area contributed by atoms with E-state index in [0.29, 0.717) is 19.2 Å². The zero-order chi connectivity index (χ0) is 13.9. The van der Waals surface area contributed by atoms with Crippen molar-refractivity contribution in [2.24, 2.45) is 11.1 Å². The first-order valence-corrected chi connectivity index (χ1v) is 7.03. The number of hydrogen-bond acceptors (Lipinski definition) is 5. The molecule has 0 aliphatic rings. The predicted octanol–water partition coefficient (Wildman–Crippen LogP) is 2.62. The Balaban J connectivity index is 2.96. The van der Waals surface area contributed by atoms with Crippen LogP contribution in [0.2, 0.25) is 0 Å². The molecule has 104 valence electrons. The Kier molecular flexibility index (Phi) is 5.13. The van der Waals surface area contributed by atoms with Crippen molar-refractivity contribution in [1.29, 1.82) is 0 Å². The Morgan fingerprint density at radius 2 is 2.06 bits per heavy atom. The predicted molar refractivity (Wildman–Crippen MR) is 78.0 cm³/mol. The van der Waals surface area contributed by atoms with Gasteiger partial charge in [0.05, 0.1) is 12.3 Å². The van der Waals surface area contributed by atoms with E-state index < -0.39 is 0 Å². The second-order valence-corrected chi connectivity index (χ2v) is 6.72. The number of nitrogens with zero attached hydrogens (tertiary/aromatic N) is 2. The Morgan fingerprint density at radius 3 is 2.50 bits per heavy atom. The highest BCUT2D eigenvalue weighted by Crippen LogP contribution is 2.31. The first-order chi connectivity index (χ1) is 8.31. The number of aromatic nitrogens is 1. The van der Waals surface area contributed by atoms with E-state index in [1.165, 1.54) is 0 Å². The number of methoxy groups -OCH3 is 1. The number of rotatable bonds is 5. The van der Waals surface area contributed by atoms with Crippen molar-refractivity contribution in [3.63, 3.8) is 0 Å². The third-order valence-electron chi connectivity index (χ3n) is 3.37. The average molecular weight is 271 g/mol. The van der Waals surface area contributed by atoms with Gasteiger partial charge < -0.3 is 15.4 Å². The molecule has 0 spiro atoms. The third kappa shape index (κ3) is 3.43. The highest BCUT2D eigenvalue weighted by Gasteiger charge is 2.26. The van der Waals surface area contributed by atoms with Crippen molar-refractivity contribution in [1.82, 2.24) is 4.98 Å². The topological polar surface area (TPSA) is 51.4 Å². The standard InChI is InChI=1S/C13H25N3OS/c1-9(13(2,3)4)16(5)12-15-10(8-17-6)11(7-14)18-12/h9H,7-8,14H2,1-6H3. The van der Waals surface area contributed by atoms with Gasteiger partial charge in [-0.3, -0.25) is 0 Å². The number of nitrogens with two attached hydrogens (primary N) is 1. The molecule has 5 heteroatoms. The Labute approximate surface area is 114 Å². The maximum atomic E-state index is 5.75. The zero-order valence-corrected chi connectivity index (χ0v) is 13.1. The highest BCUT2D eigenvalue weighted by atomic mass is 32.1. The number of thiazole rings is 1. The van der Waals surface area contributed by atoms with Gasteiger partial charge in [0.1, 0.15) is 0 Å². The monoisotopic (exact) mass is 271 g/mol. The van der Waals surface area contributed by atoms with Crippen LogP contribution >= 0.6 is 11.3 Å². The van der Waals surface area contributed by atoms with Crippen LogP contribution < -0.4 is 10.6 Å². The maximum absolute atomic E-state index is 5.75. The van der Waals surface area contributed by atoms with Crippen molar-refractivity contribution in [3.05, 3.63) is 10.6 Å². The minimum atomic E-state index is 0.213. The third-order valence-corrected chi connectivity index (χ3v) is 4.58. The van der Waals surface area contributed by atoms with Crippen LogP contribution in [0.4, 0.5) is 5.13 Å². The molecule has 2 N–H and O–H groups in total. The molecule has 0 saturated carbocycles. The molecule has 1 atom stereocenters. The number of ether oxygens (including phenoxy) is 1. The van der Waals surface area contributed by atoms with E-state index in [4.69, 9.17) is 10.5 Å². The molecule has 0 aliphatic heterocycles. The summed E-state index contributed by atoms with van der Waals surface area (Å²) in [4.78, 5) is 7.98. The molecular formula is C13H25N3OS. The van der Waals surface area contributed by atoms with Crippen LogP contribution in [0.15, 0.2) is 0 Å². The Hall–Kier alpha value is -0.650. The summed E-state index contributed by atoms with van der Waals surface area (Å²) in [6.45, 7) is 9.99. The molecule has 0 saturated heterocycles. The van der Waals surface area contributed by atoms with Gasteiger partial charge in [0.15, 0.2) is 5.13 Å². The van der Waals surface area contributed by atoms with Gasteiger partial charge in [-0.25, -0.2) is 4.98 Å². The fourth-order valence-corrected chi connectivity index (χ4v) is 2.66. The lowest BCUT2D eigenvalue weighted by Crippen LogP contribution is -2.39. The Bertz CT molecular complexity index is 384. The molecule has 0 amide bonds. The molecule has 18 heavy (non-hydrogen) atoms. The van der Waals surface area contributed by atoms with Crippen molar-refractivity contribution in [2.75, 3.05) is 19.1 Å². The van der Waals surface area contributed by atoms with Gasteiger partial charge in [0.25, 0.3) is 0 Å². The molecule has 1 aromatic rings. The van der Waals surface area contributed by atoms with E-state index in [1.54, 1.807) is 18.4 Å². The maximum Gasteiger partial charge on any atom is 0.185 e. The van der Waals surface area contributed by atoms with Crippen LogP contribution in [-0.4, -0.2) is 25.2 Å². The van der Waals surface area contributed by atoms with Gasteiger partial charge in [-0.1, -0.05) is 20.8 Å². The molecule has 4 nitrogen and oxygen atoms in total. The van der Waals surface area contributed by atoms with Crippen LogP contribution in [0.3, 0.4) is 0 Å². The van der Waals surface area contributed by atoms with E-state index in [2.05, 4.69) is 44.6 Å². The highest BCUT2D eigenvalue weighted by molar-refractivity contribution is 7.15. The lowest BCUT2D eigenvalue weighted by atomic mass is 9.87. The molecule has 1 heterocycles. The van der Waals surface area contributed by atoms with Gasteiger partial charge >= 0.3 is 0 Å². The SMILES string of the molecule is COCc1nc(N(C)C(C)C(C)(C)C)sc1CN. The molecule has 0 bridgehead atoms. The van der Waals surface area contributed by atoms with E-state index in [-0.39, 0.29) is 5.41 Å². The summed E-state index contributed by atoms with van der Waals surface area (Å²) in [6.07, 6.45) is 0. The second kappa shape index (κ2) is 5.99. The largest absolute Gasteiger partial charge is 0.378 e. The summed E-state index contributed by atoms with van der Waals surface area (Å²) in [5.74, 6) is 0. The first-order valence-electron chi connectivity index (χ1n) is 6.21.